The van der Waals surface area contributed by atoms with Gasteiger partial charge in [0, 0.05) is 12.0 Å². The number of carbonyl (C=O) groups excluding carboxylic acids is 1. The van der Waals surface area contributed by atoms with Crippen LogP contribution in [0.1, 0.15) is 25.0 Å². The van der Waals surface area contributed by atoms with Gasteiger partial charge in [0.25, 0.3) is 0 Å². The minimum atomic E-state index is -0.974. The molecule has 2 aromatic rings. The summed E-state index contributed by atoms with van der Waals surface area (Å²) < 4.78 is -0.974. The maximum absolute atomic E-state index is 12.4. The summed E-state index contributed by atoms with van der Waals surface area (Å²) in [6, 6.07) is 16.4. The lowest BCUT2D eigenvalue weighted by atomic mass is 9.96. The van der Waals surface area contributed by atoms with Crippen molar-refractivity contribution >= 4 is 29.1 Å². The lowest BCUT2D eigenvalue weighted by molar-refractivity contribution is -0.123. The summed E-state index contributed by atoms with van der Waals surface area (Å²) in [4.78, 5) is 12.4. The first-order chi connectivity index (χ1) is 11.3. The van der Waals surface area contributed by atoms with E-state index in [-0.39, 0.29) is 17.2 Å². The fourth-order valence-corrected chi connectivity index (χ4v) is 4.09. The van der Waals surface area contributed by atoms with Gasteiger partial charge in [-0.25, -0.2) is 0 Å². The van der Waals surface area contributed by atoms with Crippen molar-refractivity contribution in [2.24, 2.45) is 11.3 Å². The Morgan fingerprint density at radius 1 is 1.08 bits per heavy atom. The number of rotatable bonds is 4. The zero-order valence-corrected chi connectivity index (χ0v) is 15.6. The first kappa shape index (κ1) is 17.3. The average Bonchev–Trinajstić information content (AvgIpc) is 2.96. The number of hydrogen-bond acceptors (Lipinski definition) is 1. The van der Waals surface area contributed by atoms with Crippen molar-refractivity contribution in [2.75, 3.05) is 0 Å². The molecule has 3 rings (SSSR count). The first-order valence-electron chi connectivity index (χ1n) is 8.06. The minimum Gasteiger partial charge on any atom is -0.352 e. The summed E-state index contributed by atoms with van der Waals surface area (Å²) in [6.07, 6.45) is 0. The van der Waals surface area contributed by atoms with Crippen LogP contribution in [0.3, 0.4) is 0 Å². The van der Waals surface area contributed by atoms with Crippen LogP contribution in [0.4, 0.5) is 0 Å². The molecule has 0 saturated heterocycles. The summed E-state index contributed by atoms with van der Waals surface area (Å²) in [5, 5.41) is 2.98. The standard InChI is InChI=1S/C20H21Cl2NO/c1-13-15(10-7-11-16(13)14-8-5-4-6-9-14)12-23-18(24)17-19(2,3)20(17,21)22/h4-11,17H,12H2,1-3H3,(H,23,24). The molecule has 126 valence electrons. The summed E-state index contributed by atoms with van der Waals surface area (Å²) in [6.45, 7) is 6.39. The van der Waals surface area contributed by atoms with Gasteiger partial charge in [-0.15, -0.1) is 23.2 Å². The predicted octanol–water partition coefficient (Wildman–Crippen LogP) is 5.11. The van der Waals surface area contributed by atoms with Crippen LogP contribution in [0, 0.1) is 18.3 Å². The molecular weight excluding hydrogens is 341 g/mol. The largest absolute Gasteiger partial charge is 0.352 e. The van der Waals surface area contributed by atoms with Crippen LogP contribution >= 0.6 is 23.2 Å². The molecule has 0 heterocycles. The molecule has 2 nitrogen and oxygen atoms in total. The fraction of sp³-hybridized carbons (Fsp3) is 0.350. The van der Waals surface area contributed by atoms with Crippen molar-refractivity contribution in [1.29, 1.82) is 0 Å². The van der Waals surface area contributed by atoms with Crippen LogP contribution in [0.15, 0.2) is 48.5 Å². The lowest BCUT2D eigenvalue weighted by Gasteiger charge is -2.13. The van der Waals surface area contributed by atoms with E-state index in [1.54, 1.807) is 0 Å². The Morgan fingerprint density at radius 3 is 2.29 bits per heavy atom. The van der Waals surface area contributed by atoms with Crippen molar-refractivity contribution in [3.63, 3.8) is 0 Å². The highest BCUT2D eigenvalue weighted by molar-refractivity contribution is 6.53. The van der Waals surface area contributed by atoms with E-state index in [0.717, 1.165) is 5.56 Å². The van der Waals surface area contributed by atoms with Gasteiger partial charge in [-0.3, -0.25) is 4.79 Å². The zero-order valence-electron chi connectivity index (χ0n) is 14.1. The van der Waals surface area contributed by atoms with E-state index >= 15 is 0 Å². The highest BCUT2D eigenvalue weighted by atomic mass is 35.5. The second kappa shape index (κ2) is 6.09. The van der Waals surface area contributed by atoms with E-state index in [9.17, 15) is 4.79 Å². The Morgan fingerprint density at radius 2 is 1.71 bits per heavy atom. The predicted molar refractivity (Wildman–Crippen MR) is 100 cm³/mol. The van der Waals surface area contributed by atoms with Crippen LogP contribution < -0.4 is 5.32 Å². The van der Waals surface area contributed by atoms with E-state index in [0.29, 0.717) is 6.54 Å². The molecule has 24 heavy (non-hydrogen) atoms. The molecule has 4 heteroatoms. The van der Waals surface area contributed by atoms with Crippen LogP contribution in [0.25, 0.3) is 11.1 Å². The minimum absolute atomic E-state index is 0.0884. The number of carbonyl (C=O) groups is 1. The second-order valence-corrected chi connectivity index (χ2v) is 8.34. The van der Waals surface area contributed by atoms with Gasteiger partial charge in [0.1, 0.15) is 4.33 Å². The normalized spacial score (nSPS) is 20.5. The van der Waals surface area contributed by atoms with Gasteiger partial charge in [0.2, 0.25) is 5.91 Å². The van der Waals surface area contributed by atoms with Crippen LogP contribution in [-0.2, 0) is 11.3 Å². The third kappa shape index (κ3) is 2.82. The van der Waals surface area contributed by atoms with Crippen molar-refractivity contribution in [2.45, 2.75) is 31.6 Å². The van der Waals surface area contributed by atoms with Crippen LogP contribution in [-0.4, -0.2) is 10.2 Å². The molecule has 1 amide bonds. The monoisotopic (exact) mass is 361 g/mol. The maximum atomic E-state index is 12.4. The summed E-state index contributed by atoms with van der Waals surface area (Å²) in [5.74, 6) is -0.458. The second-order valence-electron chi connectivity index (χ2n) is 6.95. The van der Waals surface area contributed by atoms with E-state index in [1.807, 2.05) is 44.2 Å². The number of hydrogen-bond donors (Lipinski definition) is 1. The molecule has 1 atom stereocenters. The number of nitrogens with one attached hydrogen (secondary N) is 1. The van der Waals surface area contributed by atoms with Gasteiger partial charge in [-0.1, -0.05) is 62.4 Å². The molecule has 0 bridgehead atoms. The Hall–Kier alpha value is -1.51. The average molecular weight is 362 g/mol. The molecule has 1 aliphatic rings. The smallest absolute Gasteiger partial charge is 0.227 e. The van der Waals surface area contributed by atoms with Gasteiger partial charge < -0.3 is 5.32 Å². The molecule has 1 N–H and O–H groups in total. The number of alkyl halides is 2. The number of amides is 1. The third-order valence-electron chi connectivity index (χ3n) is 5.11. The van der Waals surface area contributed by atoms with Crippen molar-refractivity contribution < 1.29 is 4.79 Å². The molecule has 1 fully saturated rings. The molecule has 0 radical (unpaired) electrons. The molecular formula is C20H21Cl2NO. The highest BCUT2D eigenvalue weighted by Crippen LogP contribution is 2.68. The topological polar surface area (TPSA) is 29.1 Å². The summed E-state index contributed by atoms with van der Waals surface area (Å²) >= 11 is 12.4. The Balaban J connectivity index is 1.74. The number of benzene rings is 2. The Bertz CT molecular complexity index is 754. The third-order valence-corrected chi connectivity index (χ3v) is 6.52. The van der Waals surface area contributed by atoms with E-state index in [2.05, 4.69) is 30.4 Å². The van der Waals surface area contributed by atoms with E-state index < -0.39 is 4.33 Å². The van der Waals surface area contributed by atoms with Crippen LogP contribution in [0.2, 0.25) is 0 Å². The van der Waals surface area contributed by atoms with Gasteiger partial charge in [0.05, 0.1) is 5.92 Å². The molecule has 1 saturated carbocycles. The van der Waals surface area contributed by atoms with Gasteiger partial charge in [0.15, 0.2) is 0 Å². The van der Waals surface area contributed by atoms with E-state index in [4.69, 9.17) is 23.2 Å². The highest BCUT2D eigenvalue weighted by Gasteiger charge is 2.73. The first-order valence-corrected chi connectivity index (χ1v) is 8.82. The number of halogens is 2. The Kier molecular flexibility index (Phi) is 4.39. The molecule has 1 aliphatic carbocycles. The molecule has 0 aromatic heterocycles. The molecule has 0 aliphatic heterocycles. The maximum Gasteiger partial charge on any atom is 0.227 e. The SMILES string of the molecule is Cc1c(CNC(=O)C2C(C)(C)C2(Cl)Cl)cccc1-c1ccccc1. The quantitative estimate of drug-likeness (QED) is 0.753. The van der Waals surface area contributed by atoms with Crippen molar-refractivity contribution in [3.05, 3.63) is 59.7 Å². The van der Waals surface area contributed by atoms with Crippen molar-refractivity contribution in [3.8, 4) is 11.1 Å². The van der Waals surface area contributed by atoms with Crippen LogP contribution in [0.5, 0.6) is 0 Å². The van der Waals surface area contributed by atoms with Gasteiger partial charge in [-0.2, -0.15) is 0 Å². The summed E-state index contributed by atoms with van der Waals surface area (Å²) in [7, 11) is 0. The summed E-state index contributed by atoms with van der Waals surface area (Å²) in [5.41, 5.74) is 4.23. The molecule has 2 aromatic carbocycles. The Labute approximate surface area is 153 Å². The fourth-order valence-electron chi connectivity index (χ4n) is 3.24. The van der Waals surface area contributed by atoms with Crippen molar-refractivity contribution in [1.82, 2.24) is 5.32 Å². The molecule has 1 unspecified atom stereocenters. The molecule has 0 spiro atoms. The van der Waals surface area contributed by atoms with Gasteiger partial charge >= 0.3 is 0 Å². The lowest BCUT2D eigenvalue weighted by Crippen LogP contribution is -2.27. The van der Waals surface area contributed by atoms with Gasteiger partial charge in [-0.05, 0) is 29.2 Å². The van der Waals surface area contributed by atoms with E-state index in [1.165, 1.54) is 16.7 Å². The zero-order chi connectivity index (χ0) is 17.5.